The van der Waals surface area contributed by atoms with Crippen LogP contribution in [0.1, 0.15) is 17.5 Å². The number of aliphatic hydroxyl groups is 2. The number of rotatable bonds is 5. The van der Waals surface area contributed by atoms with E-state index in [9.17, 15) is 9.90 Å². The zero-order valence-electron chi connectivity index (χ0n) is 14.2. The lowest BCUT2D eigenvalue weighted by Crippen LogP contribution is -2.41. The normalized spacial score (nSPS) is 16.2. The first-order valence-electron chi connectivity index (χ1n) is 8.61. The number of hydrogen-bond donors (Lipinski definition) is 2. The highest BCUT2D eigenvalue weighted by molar-refractivity contribution is 5.78. The van der Waals surface area contributed by atoms with E-state index in [1.54, 1.807) is 0 Å². The summed E-state index contributed by atoms with van der Waals surface area (Å²) in [5, 5.41) is 19.0. The van der Waals surface area contributed by atoms with Crippen molar-refractivity contribution in [3.05, 3.63) is 65.7 Å². The first kappa shape index (κ1) is 17.5. The van der Waals surface area contributed by atoms with E-state index in [1.165, 1.54) is 0 Å². The minimum Gasteiger partial charge on any atom is -0.394 e. The Labute approximate surface area is 148 Å². The maximum absolute atomic E-state index is 12.7. The number of carbonyl (C=O) groups excluding carboxylic acids is 1. The van der Waals surface area contributed by atoms with Crippen molar-refractivity contribution >= 4 is 11.6 Å². The molecule has 2 aromatic rings. The highest BCUT2D eigenvalue weighted by Crippen LogP contribution is 2.26. The molecule has 132 valence electrons. The lowest BCUT2D eigenvalue weighted by atomic mass is 10.1. The van der Waals surface area contributed by atoms with Crippen molar-refractivity contribution in [2.75, 3.05) is 24.6 Å². The fraction of sp³-hybridized carbons (Fsp3) is 0.350. The van der Waals surface area contributed by atoms with Gasteiger partial charge in [-0.2, -0.15) is 0 Å². The van der Waals surface area contributed by atoms with Crippen LogP contribution in [0.4, 0.5) is 5.69 Å². The summed E-state index contributed by atoms with van der Waals surface area (Å²) in [7, 11) is 0. The number of β-amino-alcohol motifs (C(OH)–C–C–N with tert-alkyl or cyclic N) is 1. The molecule has 1 unspecified atom stereocenters. The molecule has 0 aromatic heterocycles. The number of para-hydroxylation sites is 1. The first-order valence-corrected chi connectivity index (χ1v) is 8.61. The number of carbonyl (C=O) groups is 1. The molecule has 0 fully saturated rings. The van der Waals surface area contributed by atoms with Crippen LogP contribution in [0.25, 0.3) is 0 Å². The summed E-state index contributed by atoms with van der Waals surface area (Å²) in [6.45, 7) is 1.69. The van der Waals surface area contributed by atoms with E-state index in [0.717, 1.165) is 16.8 Å². The second-order valence-corrected chi connectivity index (χ2v) is 6.40. The van der Waals surface area contributed by atoms with Crippen molar-refractivity contribution in [3.63, 3.8) is 0 Å². The third-order valence-corrected chi connectivity index (χ3v) is 4.50. The molecule has 2 N–H and O–H groups in total. The maximum atomic E-state index is 12.7. The van der Waals surface area contributed by atoms with E-state index in [2.05, 4.69) is 0 Å². The summed E-state index contributed by atoms with van der Waals surface area (Å²) >= 11 is 0. The monoisotopic (exact) mass is 340 g/mol. The van der Waals surface area contributed by atoms with Crippen LogP contribution in [-0.4, -0.2) is 46.8 Å². The van der Waals surface area contributed by atoms with Crippen LogP contribution >= 0.6 is 0 Å². The van der Waals surface area contributed by atoms with Gasteiger partial charge in [0.05, 0.1) is 12.7 Å². The van der Waals surface area contributed by atoms with Gasteiger partial charge in [0.25, 0.3) is 0 Å². The van der Waals surface area contributed by atoms with Gasteiger partial charge in [-0.1, -0.05) is 48.5 Å². The van der Waals surface area contributed by atoms with Gasteiger partial charge in [0, 0.05) is 38.3 Å². The molecule has 0 bridgehead atoms. The molecule has 0 radical (unpaired) electrons. The predicted molar refractivity (Wildman–Crippen MR) is 97.1 cm³/mol. The Bertz CT molecular complexity index is 705. The Kier molecular flexibility index (Phi) is 5.68. The smallest absolute Gasteiger partial charge is 0.224 e. The van der Waals surface area contributed by atoms with Gasteiger partial charge in [-0.05, 0) is 17.2 Å². The van der Waals surface area contributed by atoms with Crippen LogP contribution in [0, 0.1) is 0 Å². The predicted octanol–water partition coefficient (Wildman–Crippen LogP) is 1.78. The van der Waals surface area contributed by atoms with Crippen molar-refractivity contribution in [1.29, 1.82) is 0 Å². The SMILES string of the molecule is O=C1CCN(CC(O)CO)c2ccccc2CN1Cc1ccccc1. The summed E-state index contributed by atoms with van der Waals surface area (Å²) in [5.41, 5.74) is 3.18. The lowest BCUT2D eigenvalue weighted by molar-refractivity contribution is -0.132. The molecule has 0 aliphatic carbocycles. The number of hydrogen-bond acceptors (Lipinski definition) is 4. The summed E-state index contributed by atoms with van der Waals surface area (Å²) < 4.78 is 0. The number of benzene rings is 2. The van der Waals surface area contributed by atoms with Gasteiger partial charge in [-0.3, -0.25) is 4.79 Å². The molecule has 25 heavy (non-hydrogen) atoms. The Morgan fingerprint density at radius 3 is 2.48 bits per heavy atom. The molecular formula is C20H24N2O3. The number of aliphatic hydroxyl groups excluding tert-OH is 2. The van der Waals surface area contributed by atoms with Crippen molar-refractivity contribution in [1.82, 2.24) is 4.90 Å². The van der Waals surface area contributed by atoms with Gasteiger partial charge in [0.1, 0.15) is 0 Å². The second-order valence-electron chi connectivity index (χ2n) is 6.40. The van der Waals surface area contributed by atoms with Crippen molar-refractivity contribution in [2.24, 2.45) is 0 Å². The third kappa shape index (κ3) is 4.38. The molecule has 1 aliphatic rings. The van der Waals surface area contributed by atoms with Gasteiger partial charge in [-0.15, -0.1) is 0 Å². The van der Waals surface area contributed by atoms with Crippen LogP contribution in [0.15, 0.2) is 54.6 Å². The van der Waals surface area contributed by atoms with Crippen LogP contribution in [0.5, 0.6) is 0 Å². The van der Waals surface area contributed by atoms with E-state index >= 15 is 0 Å². The van der Waals surface area contributed by atoms with Crippen molar-refractivity contribution in [3.8, 4) is 0 Å². The Balaban J connectivity index is 1.85. The average molecular weight is 340 g/mol. The van der Waals surface area contributed by atoms with E-state index in [4.69, 9.17) is 5.11 Å². The van der Waals surface area contributed by atoms with Crippen molar-refractivity contribution < 1.29 is 15.0 Å². The molecule has 1 atom stereocenters. The summed E-state index contributed by atoms with van der Waals surface area (Å²) in [6, 6.07) is 17.9. The summed E-state index contributed by atoms with van der Waals surface area (Å²) in [4.78, 5) is 16.5. The van der Waals surface area contributed by atoms with Crippen LogP contribution in [-0.2, 0) is 17.9 Å². The molecule has 3 rings (SSSR count). The molecule has 1 amide bonds. The number of fused-ring (bicyclic) bond motifs is 1. The minimum absolute atomic E-state index is 0.0989. The lowest BCUT2D eigenvalue weighted by Gasteiger charge is -2.34. The third-order valence-electron chi connectivity index (χ3n) is 4.50. The first-order chi connectivity index (χ1) is 12.2. The standard InChI is InChI=1S/C20H24N2O3/c23-15-18(24)14-21-11-10-20(25)22(12-16-6-2-1-3-7-16)13-17-8-4-5-9-19(17)21/h1-9,18,23-24H,10-15H2. The van der Waals surface area contributed by atoms with E-state index in [-0.39, 0.29) is 12.5 Å². The quantitative estimate of drug-likeness (QED) is 0.871. The molecule has 2 aromatic carbocycles. The molecule has 0 saturated heterocycles. The Morgan fingerprint density at radius 2 is 1.72 bits per heavy atom. The zero-order valence-corrected chi connectivity index (χ0v) is 14.2. The molecule has 1 heterocycles. The van der Waals surface area contributed by atoms with Gasteiger partial charge < -0.3 is 20.0 Å². The van der Waals surface area contributed by atoms with E-state index in [1.807, 2.05) is 64.4 Å². The van der Waals surface area contributed by atoms with E-state index < -0.39 is 6.10 Å². The van der Waals surface area contributed by atoms with Gasteiger partial charge in [0.15, 0.2) is 0 Å². The topological polar surface area (TPSA) is 64.0 Å². The number of anilines is 1. The van der Waals surface area contributed by atoms with Crippen LogP contribution in [0.2, 0.25) is 0 Å². The maximum Gasteiger partial charge on any atom is 0.224 e. The molecule has 5 heteroatoms. The molecule has 0 saturated carbocycles. The van der Waals surface area contributed by atoms with Gasteiger partial charge in [-0.25, -0.2) is 0 Å². The van der Waals surface area contributed by atoms with Crippen LogP contribution < -0.4 is 4.90 Å². The Hall–Kier alpha value is -2.37. The molecule has 5 nitrogen and oxygen atoms in total. The highest BCUT2D eigenvalue weighted by Gasteiger charge is 2.23. The second kappa shape index (κ2) is 8.14. The number of amides is 1. The molecular weight excluding hydrogens is 316 g/mol. The molecule has 1 aliphatic heterocycles. The number of nitrogens with zero attached hydrogens (tertiary/aromatic N) is 2. The van der Waals surface area contributed by atoms with Gasteiger partial charge >= 0.3 is 0 Å². The zero-order chi connectivity index (χ0) is 17.6. The van der Waals surface area contributed by atoms with Crippen LogP contribution in [0.3, 0.4) is 0 Å². The summed E-state index contributed by atoms with van der Waals surface area (Å²) in [6.07, 6.45) is -0.428. The minimum atomic E-state index is -0.817. The van der Waals surface area contributed by atoms with Gasteiger partial charge in [0.2, 0.25) is 5.91 Å². The van der Waals surface area contributed by atoms with E-state index in [0.29, 0.717) is 32.6 Å². The Morgan fingerprint density at radius 1 is 1.00 bits per heavy atom. The fourth-order valence-corrected chi connectivity index (χ4v) is 3.21. The fourth-order valence-electron chi connectivity index (χ4n) is 3.21. The largest absolute Gasteiger partial charge is 0.394 e. The average Bonchev–Trinajstić information content (AvgIpc) is 2.64. The summed E-state index contributed by atoms with van der Waals surface area (Å²) in [5.74, 6) is 0.0989. The molecule has 0 spiro atoms. The highest BCUT2D eigenvalue weighted by atomic mass is 16.3. The van der Waals surface area contributed by atoms with Crippen molar-refractivity contribution in [2.45, 2.75) is 25.6 Å².